The van der Waals surface area contributed by atoms with E-state index in [0.29, 0.717) is 5.92 Å². The van der Waals surface area contributed by atoms with Crippen molar-refractivity contribution in [1.82, 2.24) is 4.90 Å². The maximum Gasteiger partial charge on any atom is 0.244 e. The number of aryl methyl sites for hydroxylation is 1. The van der Waals surface area contributed by atoms with Crippen LogP contribution in [0.1, 0.15) is 49.8 Å². The van der Waals surface area contributed by atoms with Crippen LogP contribution >= 0.6 is 12.4 Å². The summed E-state index contributed by atoms with van der Waals surface area (Å²) < 4.78 is 0. The third-order valence-electron chi connectivity index (χ3n) is 4.23. The standard InChI is InChI=1S/C17H26N2O.ClH/c1-3-5-14-6-4-11-19(12-14)17(20)16(18)15-9-7-13(2)8-10-15;/h7-10,14,16H,3-6,11-12,18H2,1-2H3;1H. The molecule has 2 rings (SSSR count). The SMILES string of the molecule is CCCC1CCCN(C(=O)C(N)c2ccc(C)cc2)C1.Cl. The van der Waals surface area contributed by atoms with E-state index in [1.54, 1.807) is 0 Å². The number of carbonyl (C=O) groups is 1. The molecule has 1 fully saturated rings. The average molecular weight is 311 g/mol. The Hall–Kier alpha value is -1.06. The first-order valence-corrected chi connectivity index (χ1v) is 7.72. The second kappa shape index (κ2) is 8.40. The number of halogens is 1. The van der Waals surface area contributed by atoms with Crippen molar-refractivity contribution in [3.63, 3.8) is 0 Å². The number of hydrogen-bond acceptors (Lipinski definition) is 2. The fourth-order valence-electron chi connectivity index (χ4n) is 3.02. The lowest BCUT2D eigenvalue weighted by Crippen LogP contribution is -2.44. The van der Waals surface area contributed by atoms with E-state index < -0.39 is 6.04 Å². The van der Waals surface area contributed by atoms with Crippen LogP contribution in [0.4, 0.5) is 0 Å². The van der Waals surface area contributed by atoms with Crippen LogP contribution in [0.2, 0.25) is 0 Å². The van der Waals surface area contributed by atoms with Gasteiger partial charge in [0.1, 0.15) is 6.04 Å². The maximum absolute atomic E-state index is 12.5. The minimum absolute atomic E-state index is 0. The van der Waals surface area contributed by atoms with E-state index >= 15 is 0 Å². The summed E-state index contributed by atoms with van der Waals surface area (Å²) in [5, 5.41) is 0. The lowest BCUT2D eigenvalue weighted by molar-refractivity contribution is -0.134. The molecule has 1 aliphatic rings. The van der Waals surface area contributed by atoms with E-state index in [9.17, 15) is 4.79 Å². The molecule has 21 heavy (non-hydrogen) atoms. The molecule has 0 aliphatic carbocycles. The van der Waals surface area contributed by atoms with Crippen LogP contribution in [0.3, 0.4) is 0 Å². The number of carbonyl (C=O) groups excluding carboxylic acids is 1. The minimum Gasteiger partial charge on any atom is -0.341 e. The lowest BCUT2D eigenvalue weighted by atomic mass is 9.93. The van der Waals surface area contributed by atoms with Crippen LogP contribution in [0.25, 0.3) is 0 Å². The lowest BCUT2D eigenvalue weighted by Gasteiger charge is -2.34. The Morgan fingerprint density at radius 1 is 1.38 bits per heavy atom. The second-order valence-corrected chi connectivity index (χ2v) is 5.97. The van der Waals surface area contributed by atoms with Crippen molar-refractivity contribution >= 4 is 18.3 Å². The van der Waals surface area contributed by atoms with Crippen LogP contribution in [0, 0.1) is 12.8 Å². The van der Waals surface area contributed by atoms with Crippen LogP contribution in [-0.4, -0.2) is 23.9 Å². The molecule has 0 spiro atoms. The van der Waals surface area contributed by atoms with Crippen LogP contribution in [0.5, 0.6) is 0 Å². The van der Waals surface area contributed by atoms with Crippen LogP contribution in [0.15, 0.2) is 24.3 Å². The minimum atomic E-state index is -0.518. The predicted molar refractivity (Wildman–Crippen MR) is 89.6 cm³/mol. The van der Waals surface area contributed by atoms with Gasteiger partial charge in [0.2, 0.25) is 5.91 Å². The number of hydrogen-bond donors (Lipinski definition) is 1. The Bertz CT molecular complexity index is 445. The number of piperidine rings is 1. The van der Waals surface area contributed by atoms with E-state index in [-0.39, 0.29) is 18.3 Å². The quantitative estimate of drug-likeness (QED) is 0.925. The molecule has 0 bridgehead atoms. The Morgan fingerprint density at radius 2 is 2.05 bits per heavy atom. The zero-order valence-electron chi connectivity index (χ0n) is 13.0. The van der Waals surface area contributed by atoms with E-state index in [4.69, 9.17) is 5.73 Å². The smallest absolute Gasteiger partial charge is 0.244 e. The number of nitrogens with two attached hydrogens (primary N) is 1. The van der Waals surface area contributed by atoms with Crippen molar-refractivity contribution in [2.75, 3.05) is 13.1 Å². The van der Waals surface area contributed by atoms with E-state index in [1.807, 2.05) is 36.1 Å². The molecule has 1 amide bonds. The molecule has 0 radical (unpaired) electrons. The molecule has 0 aromatic heterocycles. The Kier molecular flexibility index (Phi) is 7.20. The second-order valence-electron chi connectivity index (χ2n) is 5.97. The summed E-state index contributed by atoms with van der Waals surface area (Å²) in [5.74, 6) is 0.734. The highest BCUT2D eigenvalue weighted by Crippen LogP contribution is 2.23. The van der Waals surface area contributed by atoms with Gasteiger partial charge in [-0.3, -0.25) is 4.79 Å². The summed E-state index contributed by atoms with van der Waals surface area (Å²) >= 11 is 0. The highest BCUT2D eigenvalue weighted by Gasteiger charge is 2.27. The largest absolute Gasteiger partial charge is 0.341 e. The molecule has 1 aromatic rings. The molecule has 2 unspecified atom stereocenters. The summed E-state index contributed by atoms with van der Waals surface area (Å²) in [4.78, 5) is 14.5. The van der Waals surface area contributed by atoms with Gasteiger partial charge >= 0.3 is 0 Å². The van der Waals surface area contributed by atoms with E-state index in [1.165, 1.54) is 24.8 Å². The number of benzene rings is 1. The van der Waals surface area contributed by atoms with Gasteiger partial charge in [0, 0.05) is 13.1 Å². The van der Waals surface area contributed by atoms with Gasteiger partial charge in [-0.25, -0.2) is 0 Å². The van der Waals surface area contributed by atoms with Crippen molar-refractivity contribution in [3.8, 4) is 0 Å². The molecule has 1 saturated heterocycles. The third kappa shape index (κ3) is 4.72. The van der Waals surface area contributed by atoms with Crippen molar-refractivity contribution in [1.29, 1.82) is 0 Å². The molecule has 2 atom stereocenters. The summed E-state index contributed by atoms with van der Waals surface area (Å²) in [6, 6.07) is 7.43. The zero-order chi connectivity index (χ0) is 14.5. The average Bonchev–Trinajstić information content (AvgIpc) is 2.47. The fourth-order valence-corrected chi connectivity index (χ4v) is 3.02. The van der Waals surface area contributed by atoms with E-state index in [0.717, 1.165) is 25.1 Å². The zero-order valence-corrected chi connectivity index (χ0v) is 13.9. The Balaban J connectivity index is 0.00000220. The van der Waals surface area contributed by atoms with Gasteiger partial charge in [-0.05, 0) is 37.7 Å². The molecule has 1 heterocycles. The summed E-state index contributed by atoms with van der Waals surface area (Å²) in [6.45, 7) is 5.99. The third-order valence-corrected chi connectivity index (χ3v) is 4.23. The molecule has 2 N–H and O–H groups in total. The highest BCUT2D eigenvalue weighted by atomic mass is 35.5. The molecule has 4 heteroatoms. The van der Waals surface area contributed by atoms with Crippen LogP contribution in [-0.2, 0) is 4.79 Å². The topological polar surface area (TPSA) is 46.3 Å². The molecular formula is C17H27ClN2O. The number of likely N-dealkylation sites (tertiary alicyclic amines) is 1. The molecule has 118 valence electrons. The van der Waals surface area contributed by atoms with Gasteiger partial charge in [0.25, 0.3) is 0 Å². The Labute approximate surface area is 134 Å². The maximum atomic E-state index is 12.5. The van der Waals surface area contributed by atoms with Gasteiger partial charge < -0.3 is 10.6 Å². The number of amides is 1. The van der Waals surface area contributed by atoms with Gasteiger partial charge in [-0.2, -0.15) is 0 Å². The molecule has 0 saturated carbocycles. The molecular weight excluding hydrogens is 284 g/mol. The summed E-state index contributed by atoms with van der Waals surface area (Å²) in [5.41, 5.74) is 8.25. The van der Waals surface area contributed by atoms with Crippen molar-refractivity contribution in [2.45, 2.75) is 45.6 Å². The summed E-state index contributed by atoms with van der Waals surface area (Å²) in [6.07, 6.45) is 4.76. The fraction of sp³-hybridized carbons (Fsp3) is 0.588. The van der Waals surface area contributed by atoms with Gasteiger partial charge in [0.05, 0.1) is 0 Å². The predicted octanol–water partition coefficient (Wildman–Crippen LogP) is 3.46. The first-order chi connectivity index (χ1) is 9.61. The monoisotopic (exact) mass is 310 g/mol. The van der Waals surface area contributed by atoms with Gasteiger partial charge in [0.15, 0.2) is 0 Å². The molecule has 1 aromatic carbocycles. The number of nitrogens with zero attached hydrogens (tertiary/aromatic N) is 1. The first kappa shape index (κ1) is 18.0. The van der Waals surface area contributed by atoms with Crippen LogP contribution < -0.4 is 5.73 Å². The molecule has 1 aliphatic heterocycles. The van der Waals surface area contributed by atoms with Gasteiger partial charge in [-0.15, -0.1) is 12.4 Å². The van der Waals surface area contributed by atoms with Gasteiger partial charge in [-0.1, -0.05) is 43.2 Å². The van der Waals surface area contributed by atoms with E-state index in [2.05, 4.69) is 6.92 Å². The Morgan fingerprint density at radius 3 is 2.67 bits per heavy atom. The highest BCUT2D eigenvalue weighted by molar-refractivity contribution is 5.85. The molecule has 3 nitrogen and oxygen atoms in total. The summed E-state index contributed by atoms with van der Waals surface area (Å²) in [7, 11) is 0. The van der Waals surface area contributed by atoms with Crippen molar-refractivity contribution in [2.24, 2.45) is 11.7 Å². The van der Waals surface area contributed by atoms with Crippen molar-refractivity contribution < 1.29 is 4.79 Å². The number of rotatable bonds is 4. The normalized spacial score (nSPS) is 19.8. The first-order valence-electron chi connectivity index (χ1n) is 7.72. The van der Waals surface area contributed by atoms with Crippen molar-refractivity contribution in [3.05, 3.63) is 35.4 Å².